The summed E-state index contributed by atoms with van der Waals surface area (Å²) < 4.78 is 8.59. The molecule has 0 saturated heterocycles. The maximum atomic E-state index is 6.42. The van der Waals surface area contributed by atoms with Crippen LogP contribution >= 0.6 is 0 Å². The first kappa shape index (κ1) is 31.9. The fourth-order valence-corrected chi connectivity index (χ4v) is 7.99. The zero-order valence-corrected chi connectivity index (χ0v) is 30.2. The van der Waals surface area contributed by atoms with Gasteiger partial charge in [0.25, 0.3) is 0 Å². The molecule has 0 unspecified atom stereocenters. The van der Waals surface area contributed by atoms with Crippen LogP contribution in [-0.4, -0.2) is 19.5 Å². The van der Waals surface area contributed by atoms with E-state index in [1.54, 1.807) is 0 Å². The summed E-state index contributed by atoms with van der Waals surface area (Å²) in [5.41, 5.74) is 12.5. The quantitative estimate of drug-likeness (QED) is 0.172. The van der Waals surface area contributed by atoms with Crippen molar-refractivity contribution in [1.82, 2.24) is 19.5 Å². The number of hydrogen-bond acceptors (Lipinski definition) is 4. The Labute approximate surface area is 322 Å². The molecule has 0 radical (unpaired) electrons. The Morgan fingerprint density at radius 3 is 1.61 bits per heavy atom. The number of rotatable bonds is 6. The summed E-state index contributed by atoms with van der Waals surface area (Å²) in [6.07, 6.45) is 0. The Morgan fingerprint density at radius 1 is 0.339 bits per heavy atom. The van der Waals surface area contributed by atoms with E-state index in [0.29, 0.717) is 17.6 Å². The molecule has 5 heteroatoms. The molecule has 0 N–H and O–H groups in total. The predicted octanol–water partition coefficient (Wildman–Crippen LogP) is 13.2. The third-order valence-corrected chi connectivity index (χ3v) is 10.7. The van der Waals surface area contributed by atoms with Gasteiger partial charge in [-0.15, -0.1) is 0 Å². The highest BCUT2D eigenvalue weighted by molar-refractivity contribution is 6.15. The van der Waals surface area contributed by atoms with E-state index >= 15 is 0 Å². The molecule has 0 amide bonds. The molecular formula is C51H32N4O. The minimum absolute atomic E-state index is 0.566. The lowest BCUT2D eigenvalue weighted by Gasteiger charge is -2.11. The Hall–Kier alpha value is -7.63. The monoisotopic (exact) mass is 716 g/mol. The van der Waals surface area contributed by atoms with Crippen molar-refractivity contribution in [3.05, 3.63) is 194 Å². The molecule has 8 aromatic carbocycles. The molecule has 0 spiro atoms. The molecule has 0 bridgehead atoms. The van der Waals surface area contributed by atoms with Crippen molar-refractivity contribution in [3.8, 4) is 62.1 Å². The molecule has 0 aliphatic heterocycles. The van der Waals surface area contributed by atoms with Gasteiger partial charge in [0.05, 0.1) is 11.0 Å². The first-order chi connectivity index (χ1) is 27.7. The Kier molecular flexibility index (Phi) is 7.42. The number of fused-ring (bicyclic) bond motifs is 6. The van der Waals surface area contributed by atoms with Gasteiger partial charge in [-0.05, 0) is 69.8 Å². The predicted molar refractivity (Wildman–Crippen MR) is 229 cm³/mol. The van der Waals surface area contributed by atoms with Gasteiger partial charge in [0.2, 0.25) is 5.95 Å². The number of hydrogen-bond donors (Lipinski definition) is 0. The first-order valence-electron chi connectivity index (χ1n) is 18.8. The molecule has 0 aliphatic rings. The van der Waals surface area contributed by atoms with Crippen LogP contribution in [0.25, 0.3) is 106 Å². The van der Waals surface area contributed by atoms with Crippen LogP contribution in [0.15, 0.2) is 199 Å². The minimum atomic E-state index is 0.566. The van der Waals surface area contributed by atoms with E-state index in [1.165, 1.54) is 11.1 Å². The van der Waals surface area contributed by atoms with Crippen LogP contribution in [0.3, 0.4) is 0 Å². The topological polar surface area (TPSA) is 56.7 Å². The summed E-state index contributed by atoms with van der Waals surface area (Å²) in [5.74, 6) is 1.80. The fourth-order valence-electron chi connectivity index (χ4n) is 7.99. The highest BCUT2D eigenvalue weighted by atomic mass is 16.3. The second-order valence-electron chi connectivity index (χ2n) is 14.0. The van der Waals surface area contributed by atoms with Crippen LogP contribution < -0.4 is 0 Å². The van der Waals surface area contributed by atoms with Gasteiger partial charge in [-0.25, -0.2) is 4.98 Å². The molecular weight excluding hydrogens is 685 g/mol. The molecule has 56 heavy (non-hydrogen) atoms. The van der Waals surface area contributed by atoms with Crippen LogP contribution in [0.5, 0.6) is 0 Å². The summed E-state index contributed by atoms with van der Waals surface area (Å²) in [4.78, 5) is 15.4. The Bertz CT molecular complexity index is 3220. The van der Waals surface area contributed by atoms with Gasteiger partial charge in [-0.2, -0.15) is 9.97 Å². The van der Waals surface area contributed by atoms with Gasteiger partial charge in [-0.3, -0.25) is 4.57 Å². The van der Waals surface area contributed by atoms with Gasteiger partial charge in [0.15, 0.2) is 11.6 Å². The molecule has 0 saturated carbocycles. The van der Waals surface area contributed by atoms with Crippen molar-refractivity contribution >= 4 is 43.7 Å². The third-order valence-electron chi connectivity index (χ3n) is 10.7. The first-order valence-corrected chi connectivity index (χ1v) is 18.8. The highest BCUT2D eigenvalue weighted by Gasteiger charge is 2.20. The second kappa shape index (κ2) is 13.0. The molecule has 3 aromatic heterocycles. The molecule has 0 atom stereocenters. The van der Waals surface area contributed by atoms with E-state index in [-0.39, 0.29) is 0 Å². The minimum Gasteiger partial charge on any atom is -0.456 e. The lowest BCUT2D eigenvalue weighted by atomic mass is 9.96. The van der Waals surface area contributed by atoms with E-state index in [4.69, 9.17) is 19.4 Å². The number of furan rings is 1. The van der Waals surface area contributed by atoms with Crippen molar-refractivity contribution in [2.24, 2.45) is 0 Å². The largest absolute Gasteiger partial charge is 0.456 e. The molecule has 11 rings (SSSR count). The van der Waals surface area contributed by atoms with Crippen LogP contribution in [0.2, 0.25) is 0 Å². The Morgan fingerprint density at radius 2 is 0.875 bits per heavy atom. The van der Waals surface area contributed by atoms with Gasteiger partial charge >= 0.3 is 0 Å². The number of benzene rings is 8. The van der Waals surface area contributed by atoms with Crippen molar-refractivity contribution in [1.29, 1.82) is 0 Å². The molecule has 3 heterocycles. The van der Waals surface area contributed by atoms with Gasteiger partial charge in [-0.1, -0.05) is 158 Å². The third kappa shape index (κ3) is 5.37. The second-order valence-corrected chi connectivity index (χ2v) is 14.0. The van der Waals surface area contributed by atoms with E-state index < -0.39 is 0 Å². The number of nitrogens with zero attached hydrogens (tertiary/aromatic N) is 4. The van der Waals surface area contributed by atoms with Crippen molar-refractivity contribution < 1.29 is 4.42 Å². The van der Waals surface area contributed by atoms with Gasteiger partial charge in [0.1, 0.15) is 11.2 Å². The standard InChI is InChI=1S/C51H32N4O/c1-4-13-33(14-5-1)35-23-25-37(26-24-35)50-52-49(36-17-8-3-9-18-36)53-51(54-50)55-44-21-11-10-19-41(44)42-32-39(27-29-45(42)55)40-20-12-22-47-48(40)43-31-38(28-30-46(43)56-47)34-15-6-2-7-16-34/h1-32H. The van der Waals surface area contributed by atoms with Crippen molar-refractivity contribution in [2.75, 3.05) is 0 Å². The SMILES string of the molecule is c1ccc(-c2ccc(-c3nc(-c4ccccc4)nc(-n4c5ccccc5c5cc(-c6cccc7oc8ccc(-c9ccccc9)cc8c67)ccc54)n3)cc2)cc1. The average molecular weight is 717 g/mol. The lowest BCUT2D eigenvalue weighted by molar-refractivity contribution is 0.669. The zero-order chi connectivity index (χ0) is 37.0. The summed E-state index contributed by atoms with van der Waals surface area (Å²) >= 11 is 0. The maximum absolute atomic E-state index is 6.42. The van der Waals surface area contributed by atoms with E-state index in [2.05, 4.69) is 156 Å². The molecule has 262 valence electrons. The van der Waals surface area contributed by atoms with Crippen LogP contribution in [0.1, 0.15) is 0 Å². The van der Waals surface area contributed by atoms with Crippen LogP contribution in [0.4, 0.5) is 0 Å². The summed E-state index contributed by atoms with van der Waals surface area (Å²) in [6, 6.07) is 67.5. The van der Waals surface area contributed by atoms with Crippen LogP contribution in [0, 0.1) is 0 Å². The normalized spacial score (nSPS) is 11.6. The zero-order valence-electron chi connectivity index (χ0n) is 30.2. The van der Waals surface area contributed by atoms with Crippen molar-refractivity contribution in [2.45, 2.75) is 0 Å². The van der Waals surface area contributed by atoms with E-state index in [0.717, 1.165) is 77.1 Å². The lowest BCUT2D eigenvalue weighted by Crippen LogP contribution is -2.06. The number of aromatic nitrogens is 4. The average Bonchev–Trinajstić information content (AvgIpc) is 3.82. The Balaban J connectivity index is 1.09. The summed E-state index contributed by atoms with van der Waals surface area (Å²) in [6.45, 7) is 0. The van der Waals surface area contributed by atoms with E-state index in [9.17, 15) is 0 Å². The van der Waals surface area contributed by atoms with Crippen LogP contribution in [-0.2, 0) is 0 Å². The van der Waals surface area contributed by atoms with Gasteiger partial charge in [0, 0.05) is 32.7 Å². The number of para-hydroxylation sites is 1. The maximum Gasteiger partial charge on any atom is 0.238 e. The smallest absolute Gasteiger partial charge is 0.238 e. The fraction of sp³-hybridized carbons (Fsp3) is 0. The van der Waals surface area contributed by atoms with E-state index in [1.807, 2.05) is 42.5 Å². The summed E-state index contributed by atoms with van der Waals surface area (Å²) in [5, 5.41) is 4.44. The molecule has 11 aromatic rings. The summed E-state index contributed by atoms with van der Waals surface area (Å²) in [7, 11) is 0. The molecule has 0 aliphatic carbocycles. The van der Waals surface area contributed by atoms with Gasteiger partial charge < -0.3 is 4.42 Å². The highest BCUT2D eigenvalue weighted by Crippen LogP contribution is 2.41. The van der Waals surface area contributed by atoms with Crippen molar-refractivity contribution in [3.63, 3.8) is 0 Å². The molecule has 0 fully saturated rings. The molecule has 5 nitrogen and oxygen atoms in total.